The number of hydrogen-bond acceptors (Lipinski definition) is 4. The Bertz CT molecular complexity index is 975. The highest BCUT2D eigenvalue weighted by molar-refractivity contribution is 6.24. The van der Waals surface area contributed by atoms with Gasteiger partial charge in [-0.25, -0.2) is 0 Å². The van der Waals surface area contributed by atoms with E-state index in [4.69, 9.17) is 5.73 Å². The number of nitrogens with zero attached hydrogens (tertiary/aromatic N) is 2. The second-order valence-corrected chi connectivity index (χ2v) is 8.00. The minimum absolute atomic E-state index is 0.0908. The van der Waals surface area contributed by atoms with Crippen molar-refractivity contribution in [2.45, 2.75) is 24.8 Å². The quantitative estimate of drug-likeness (QED) is 0.782. The molecule has 2 N–H and O–H groups in total. The lowest BCUT2D eigenvalue weighted by atomic mass is 9.94. The molecule has 0 unspecified atom stereocenters. The third-order valence-corrected chi connectivity index (χ3v) is 5.64. The zero-order chi connectivity index (χ0) is 20.1. The number of hydrogen-bond donors (Lipinski definition) is 1. The average molecular weight is 377 g/mol. The van der Waals surface area contributed by atoms with Crippen molar-refractivity contribution in [3.8, 4) is 0 Å². The van der Waals surface area contributed by atoms with E-state index in [0.29, 0.717) is 0 Å². The monoisotopic (exact) mass is 377 g/mol. The Morgan fingerprint density at radius 3 is 2.32 bits per heavy atom. The summed E-state index contributed by atoms with van der Waals surface area (Å²) in [5, 5.41) is 0. The van der Waals surface area contributed by atoms with Gasteiger partial charge in [0.25, 0.3) is 11.8 Å². The smallest absolute Gasteiger partial charge is 0.262 e. The largest absolute Gasteiger partial charge is 0.366 e. The van der Waals surface area contributed by atoms with Crippen LogP contribution in [-0.2, 0) is 12.0 Å². The van der Waals surface area contributed by atoms with Crippen molar-refractivity contribution < 1.29 is 14.4 Å². The van der Waals surface area contributed by atoms with E-state index in [1.165, 1.54) is 29.4 Å². The molecule has 0 atom stereocenters. The molecule has 0 radical (unpaired) electrons. The molecule has 3 amide bonds. The molecule has 6 nitrogen and oxygen atoms in total. The fourth-order valence-corrected chi connectivity index (χ4v) is 4.12. The van der Waals surface area contributed by atoms with Crippen LogP contribution in [0.15, 0.2) is 42.5 Å². The maximum absolute atomic E-state index is 12.8. The van der Waals surface area contributed by atoms with Gasteiger partial charge in [-0.05, 0) is 50.2 Å². The van der Waals surface area contributed by atoms with Crippen molar-refractivity contribution >= 4 is 17.7 Å². The van der Waals surface area contributed by atoms with E-state index in [0.717, 1.165) is 12.1 Å². The highest BCUT2D eigenvalue weighted by Gasteiger charge is 2.44. The molecular weight excluding hydrogens is 354 g/mol. The van der Waals surface area contributed by atoms with Gasteiger partial charge >= 0.3 is 0 Å². The molecule has 0 aromatic heterocycles. The zero-order valence-corrected chi connectivity index (χ0v) is 16.1. The Balaban J connectivity index is 1.56. The molecule has 6 heteroatoms. The molecule has 2 aliphatic rings. The van der Waals surface area contributed by atoms with Crippen LogP contribution in [0.4, 0.5) is 0 Å². The van der Waals surface area contributed by atoms with E-state index >= 15 is 0 Å². The normalized spacial score (nSPS) is 17.2. The van der Waals surface area contributed by atoms with Crippen LogP contribution in [0.25, 0.3) is 0 Å². The molecule has 0 saturated heterocycles. The van der Waals surface area contributed by atoms with E-state index < -0.39 is 17.7 Å². The second kappa shape index (κ2) is 6.56. The van der Waals surface area contributed by atoms with E-state index in [2.05, 4.69) is 31.1 Å². The first-order chi connectivity index (χ1) is 13.3. The topological polar surface area (TPSA) is 83.7 Å². The molecule has 1 heterocycles. The third-order valence-electron chi connectivity index (χ3n) is 5.64. The fraction of sp³-hybridized carbons (Fsp3) is 0.318. The van der Waals surface area contributed by atoms with Crippen molar-refractivity contribution in [2.24, 2.45) is 5.73 Å². The summed E-state index contributed by atoms with van der Waals surface area (Å²) in [7, 11) is 4.16. The third kappa shape index (κ3) is 2.99. The van der Waals surface area contributed by atoms with Gasteiger partial charge in [0.05, 0.1) is 23.2 Å². The standard InChI is InChI=1S/C22H23N3O3/c1-24(2)13-22(10-11-22)15-8-6-14(7-9-15)12-25-20(27)17-5-3-4-16(19(23)26)18(17)21(25)28/h3-9H,10-13H2,1-2H3,(H2,23,26). The Morgan fingerprint density at radius 1 is 1.07 bits per heavy atom. The van der Waals surface area contributed by atoms with Crippen LogP contribution in [0.3, 0.4) is 0 Å². The summed E-state index contributed by atoms with van der Waals surface area (Å²) in [5.74, 6) is -1.57. The van der Waals surface area contributed by atoms with Crippen molar-refractivity contribution in [1.29, 1.82) is 0 Å². The molecule has 1 saturated carbocycles. The Labute approximate surface area is 163 Å². The minimum Gasteiger partial charge on any atom is -0.366 e. The number of nitrogens with two attached hydrogens (primary N) is 1. The van der Waals surface area contributed by atoms with Gasteiger partial charge in [0.1, 0.15) is 0 Å². The second-order valence-electron chi connectivity index (χ2n) is 8.00. The number of imide groups is 1. The van der Waals surface area contributed by atoms with Gasteiger partial charge in [-0.2, -0.15) is 0 Å². The maximum atomic E-state index is 12.8. The summed E-state index contributed by atoms with van der Waals surface area (Å²) in [4.78, 5) is 40.5. The number of benzene rings is 2. The first-order valence-electron chi connectivity index (χ1n) is 9.35. The van der Waals surface area contributed by atoms with Gasteiger partial charge < -0.3 is 10.6 Å². The number of likely N-dealkylation sites (N-methyl/N-ethyl adjacent to an activating group) is 1. The van der Waals surface area contributed by atoms with Gasteiger partial charge in [0, 0.05) is 12.0 Å². The van der Waals surface area contributed by atoms with E-state index in [1.807, 2.05) is 12.1 Å². The number of fused-ring (bicyclic) bond motifs is 1. The zero-order valence-electron chi connectivity index (χ0n) is 16.1. The van der Waals surface area contributed by atoms with Crippen LogP contribution in [0, 0.1) is 0 Å². The molecule has 2 aromatic carbocycles. The van der Waals surface area contributed by atoms with Crippen LogP contribution < -0.4 is 5.73 Å². The predicted molar refractivity (Wildman–Crippen MR) is 105 cm³/mol. The van der Waals surface area contributed by atoms with Gasteiger partial charge in [0.2, 0.25) is 5.91 Å². The van der Waals surface area contributed by atoms with Gasteiger partial charge in [-0.15, -0.1) is 0 Å². The summed E-state index contributed by atoms with van der Waals surface area (Å²) in [6.07, 6.45) is 2.36. The summed E-state index contributed by atoms with van der Waals surface area (Å²) >= 11 is 0. The van der Waals surface area contributed by atoms with Gasteiger partial charge in [-0.1, -0.05) is 30.3 Å². The molecule has 1 aliphatic heterocycles. The maximum Gasteiger partial charge on any atom is 0.262 e. The lowest BCUT2D eigenvalue weighted by Crippen LogP contribution is -2.29. The molecule has 28 heavy (non-hydrogen) atoms. The number of amides is 3. The molecular formula is C22H23N3O3. The highest BCUT2D eigenvalue weighted by Crippen LogP contribution is 2.48. The Hall–Kier alpha value is -2.99. The summed E-state index contributed by atoms with van der Waals surface area (Å²) < 4.78 is 0. The number of primary amides is 1. The molecule has 1 aliphatic carbocycles. The lowest BCUT2D eigenvalue weighted by Gasteiger charge is -2.21. The number of carbonyl (C=O) groups excluding carboxylic acids is 3. The van der Waals surface area contributed by atoms with Crippen molar-refractivity contribution in [3.63, 3.8) is 0 Å². The van der Waals surface area contributed by atoms with Crippen molar-refractivity contribution in [3.05, 3.63) is 70.3 Å². The molecule has 0 spiro atoms. The van der Waals surface area contributed by atoms with Crippen molar-refractivity contribution in [2.75, 3.05) is 20.6 Å². The number of rotatable bonds is 6. The van der Waals surface area contributed by atoms with Crippen LogP contribution >= 0.6 is 0 Å². The fourth-order valence-electron chi connectivity index (χ4n) is 4.12. The average Bonchev–Trinajstić information content (AvgIpc) is 3.40. The number of carbonyl (C=O) groups is 3. The van der Waals surface area contributed by atoms with Crippen LogP contribution in [0.2, 0.25) is 0 Å². The van der Waals surface area contributed by atoms with Crippen LogP contribution in [0.1, 0.15) is 55.0 Å². The Morgan fingerprint density at radius 2 is 1.75 bits per heavy atom. The van der Waals surface area contributed by atoms with Crippen LogP contribution in [-0.4, -0.2) is 48.2 Å². The summed E-state index contributed by atoms with van der Waals surface area (Å²) in [5.41, 5.74) is 8.20. The summed E-state index contributed by atoms with van der Waals surface area (Å²) in [6, 6.07) is 12.8. The predicted octanol–water partition coefficient (Wildman–Crippen LogP) is 2.17. The molecule has 1 fully saturated rings. The Kier molecular flexibility index (Phi) is 4.31. The van der Waals surface area contributed by atoms with Crippen molar-refractivity contribution in [1.82, 2.24) is 9.80 Å². The summed E-state index contributed by atoms with van der Waals surface area (Å²) in [6.45, 7) is 1.19. The molecule has 144 valence electrons. The van der Waals surface area contributed by atoms with E-state index in [-0.39, 0.29) is 28.7 Å². The van der Waals surface area contributed by atoms with Gasteiger partial charge in [0.15, 0.2) is 0 Å². The van der Waals surface area contributed by atoms with E-state index in [9.17, 15) is 14.4 Å². The highest BCUT2D eigenvalue weighted by atomic mass is 16.2. The first kappa shape index (κ1) is 18.4. The molecule has 2 aromatic rings. The SMILES string of the molecule is CN(C)CC1(c2ccc(CN3C(=O)c4cccc(C(N)=O)c4C3=O)cc2)CC1. The van der Waals surface area contributed by atoms with E-state index in [1.54, 1.807) is 12.1 Å². The van der Waals surface area contributed by atoms with Crippen LogP contribution in [0.5, 0.6) is 0 Å². The first-order valence-corrected chi connectivity index (χ1v) is 9.35. The minimum atomic E-state index is -0.708. The molecule has 0 bridgehead atoms. The lowest BCUT2D eigenvalue weighted by molar-refractivity contribution is 0.0640. The van der Waals surface area contributed by atoms with Gasteiger partial charge in [-0.3, -0.25) is 19.3 Å². The molecule has 4 rings (SSSR count).